The first-order valence-electron chi connectivity index (χ1n) is 4.06. The summed E-state index contributed by atoms with van der Waals surface area (Å²) in [5, 5.41) is 9.62. The molecule has 0 atom stereocenters. The second-order valence-electron chi connectivity index (χ2n) is 4.27. The van der Waals surface area contributed by atoms with E-state index in [-0.39, 0.29) is 0 Å². The average molecular weight is 203 g/mol. The molecule has 0 amide bonds. The number of quaternary nitrogens is 1. The summed E-state index contributed by atoms with van der Waals surface area (Å²) in [6.07, 6.45) is -0.567. The number of hydrogen-bond acceptors (Lipinski definition) is 4. The van der Waals surface area contributed by atoms with Crippen LogP contribution in [0.25, 0.3) is 0 Å². The van der Waals surface area contributed by atoms with Gasteiger partial charge in [0.1, 0.15) is 11.8 Å². The highest BCUT2D eigenvalue weighted by Gasteiger charge is 2.04. The number of ketones is 2. The van der Waals surface area contributed by atoms with Gasteiger partial charge in [0.25, 0.3) is 0 Å². The largest absolute Gasteiger partial charge is 0.542 e. The van der Waals surface area contributed by atoms with Gasteiger partial charge in [-0.15, -0.1) is 0 Å². The quantitative estimate of drug-likeness (QED) is 0.321. The van der Waals surface area contributed by atoms with Gasteiger partial charge >= 0.3 is 0 Å². The Bertz CT molecular complexity index is 221. The molecule has 0 spiro atoms. The molecule has 0 fully saturated rings. The molecule has 14 heavy (non-hydrogen) atoms. The highest BCUT2D eigenvalue weighted by molar-refractivity contribution is 6.35. The van der Waals surface area contributed by atoms with Crippen molar-refractivity contribution in [2.24, 2.45) is 0 Å². The molecular weight excluding hydrogens is 186 g/mol. The number of carboxylic acid groups (broad SMARTS) is 1. The fraction of sp³-hybridized carbons (Fsp3) is 0.667. The number of rotatable bonds is 3. The van der Waals surface area contributed by atoms with Crippen LogP contribution in [0.1, 0.15) is 13.3 Å². The summed E-state index contributed by atoms with van der Waals surface area (Å²) >= 11 is 0. The molecule has 0 N–H and O–H groups in total. The van der Waals surface area contributed by atoms with E-state index in [1.54, 1.807) is 0 Å². The van der Waals surface area contributed by atoms with Crippen LogP contribution in [0.3, 0.4) is 0 Å². The molecule has 0 aliphatic carbocycles. The van der Waals surface area contributed by atoms with Gasteiger partial charge in [-0.05, 0) is 6.92 Å². The topological polar surface area (TPSA) is 74.3 Å². The van der Waals surface area contributed by atoms with Gasteiger partial charge in [0.2, 0.25) is 0 Å². The minimum Gasteiger partial charge on any atom is -0.542 e. The van der Waals surface area contributed by atoms with Crippen LogP contribution in [0.15, 0.2) is 0 Å². The molecule has 0 aromatic carbocycles. The highest BCUT2D eigenvalue weighted by Crippen LogP contribution is 1.81. The zero-order valence-electron chi connectivity index (χ0n) is 9.29. The molecule has 0 aromatic heterocycles. The van der Waals surface area contributed by atoms with Gasteiger partial charge in [0.15, 0.2) is 5.78 Å². The molecule has 0 saturated heterocycles. The Hall–Kier alpha value is -1.23. The standard InChI is InChI=1S/C5H6O4.C4H12N/c1-3(6)2-4(7)5(8)9;1-5(2,3)4/h2H2,1H3,(H,8,9);1-4H3/q;+1/p-1. The second-order valence-corrected chi connectivity index (χ2v) is 4.27. The van der Waals surface area contributed by atoms with Gasteiger partial charge in [0.05, 0.1) is 34.6 Å². The third-order valence-corrected chi connectivity index (χ3v) is 0.637. The third kappa shape index (κ3) is 22.4. The smallest absolute Gasteiger partial charge is 0.185 e. The minimum absolute atomic E-state index is 0.468. The van der Waals surface area contributed by atoms with Gasteiger partial charge in [-0.2, -0.15) is 0 Å². The maximum Gasteiger partial charge on any atom is 0.185 e. The average Bonchev–Trinajstić information content (AvgIpc) is 1.80. The molecule has 5 nitrogen and oxygen atoms in total. The van der Waals surface area contributed by atoms with E-state index in [4.69, 9.17) is 0 Å². The Morgan fingerprint density at radius 3 is 1.43 bits per heavy atom. The van der Waals surface area contributed by atoms with Crippen LogP contribution < -0.4 is 5.11 Å². The van der Waals surface area contributed by atoms with E-state index in [9.17, 15) is 19.5 Å². The summed E-state index contributed by atoms with van der Waals surface area (Å²) in [6.45, 7) is 1.14. The van der Waals surface area contributed by atoms with E-state index in [0.717, 1.165) is 11.4 Å². The van der Waals surface area contributed by atoms with Crippen LogP contribution in [0, 0.1) is 0 Å². The fourth-order valence-electron chi connectivity index (χ4n) is 0.298. The lowest BCUT2D eigenvalue weighted by atomic mass is 10.2. The molecule has 0 aromatic rings. The monoisotopic (exact) mass is 203 g/mol. The van der Waals surface area contributed by atoms with Crippen molar-refractivity contribution in [2.75, 3.05) is 28.2 Å². The number of Topliss-reactive ketones (excluding diaryl/α,β-unsaturated/α-hetero) is 2. The Morgan fingerprint density at radius 1 is 1.07 bits per heavy atom. The molecule has 0 radical (unpaired) electrons. The Morgan fingerprint density at radius 2 is 1.36 bits per heavy atom. The summed E-state index contributed by atoms with van der Waals surface area (Å²) in [6, 6.07) is 0. The van der Waals surface area contributed by atoms with Crippen molar-refractivity contribution in [3.63, 3.8) is 0 Å². The number of carbonyl (C=O) groups excluding carboxylic acids is 3. The van der Waals surface area contributed by atoms with Crippen molar-refractivity contribution >= 4 is 17.5 Å². The molecule has 82 valence electrons. The van der Waals surface area contributed by atoms with E-state index in [0.29, 0.717) is 0 Å². The SMILES string of the molecule is CC(=O)CC(=O)C(=O)[O-].C[N+](C)(C)C. The lowest BCUT2D eigenvalue weighted by Crippen LogP contribution is -2.32. The number of nitrogens with zero attached hydrogens (tertiary/aromatic N) is 1. The number of hydrogen-bond donors (Lipinski definition) is 0. The number of carbonyl (C=O) groups is 3. The summed E-state index contributed by atoms with van der Waals surface area (Å²) in [5.74, 6) is -3.43. The number of carboxylic acids is 1. The van der Waals surface area contributed by atoms with Crippen molar-refractivity contribution in [3.8, 4) is 0 Å². The van der Waals surface area contributed by atoms with E-state index in [1.807, 2.05) is 0 Å². The first-order valence-corrected chi connectivity index (χ1v) is 4.06. The van der Waals surface area contributed by atoms with Crippen molar-refractivity contribution < 1.29 is 24.0 Å². The molecule has 0 saturated carbocycles. The summed E-state index contributed by atoms with van der Waals surface area (Å²) in [4.78, 5) is 29.7. The fourth-order valence-corrected chi connectivity index (χ4v) is 0.298. The molecule has 0 rings (SSSR count). The first-order chi connectivity index (χ1) is 6.04. The van der Waals surface area contributed by atoms with Crippen molar-refractivity contribution in [2.45, 2.75) is 13.3 Å². The Balaban J connectivity index is 0. The van der Waals surface area contributed by atoms with Crippen LogP contribution in [0.4, 0.5) is 0 Å². The minimum atomic E-state index is -1.80. The molecule has 0 unspecified atom stereocenters. The molecule has 0 heterocycles. The highest BCUT2D eigenvalue weighted by atomic mass is 16.4. The summed E-state index contributed by atoms with van der Waals surface area (Å²) in [5.41, 5.74) is 0. The third-order valence-electron chi connectivity index (χ3n) is 0.637. The molecule has 0 aliphatic rings. The lowest BCUT2D eigenvalue weighted by Gasteiger charge is -2.14. The van der Waals surface area contributed by atoms with E-state index >= 15 is 0 Å². The molecular formula is C9H17NO4. The van der Waals surface area contributed by atoms with Gasteiger partial charge in [-0.25, -0.2) is 0 Å². The predicted octanol–water partition coefficient (Wildman–Crippen LogP) is -1.39. The lowest BCUT2D eigenvalue weighted by molar-refractivity contribution is -0.849. The van der Waals surface area contributed by atoms with Gasteiger partial charge in [-0.1, -0.05) is 0 Å². The van der Waals surface area contributed by atoms with E-state index in [1.165, 1.54) is 0 Å². The summed E-state index contributed by atoms with van der Waals surface area (Å²) < 4.78 is 1.00. The maximum absolute atomic E-state index is 10.1. The van der Waals surface area contributed by atoms with Gasteiger partial charge in [0, 0.05) is 0 Å². The molecule has 0 bridgehead atoms. The van der Waals surface area contributed by atoms with Crippen LogP contribution in [-0.2, 0) is 14.4 Å². The van der Waals surface area contributed by atoms with Crippen LogP contribution in [0.2, 0.25) is 0 Å². The predicted molar refractivity (Wildman–Crippen MR) is 49.3 cm³/mol. The van der Waals surface area contributed by atoms with Crippen LogP contribution >= 0.6 is 0 Å². The number of aliphatic carboxylic acids is 1. The molecule has 0 aliphatic heterocycles. The molecule has 5 heteroatoms. The Labute approximate surface area is 83.9 Å². The zero-order chi connectivity index (χ0) is 11.9. The maximum atomic E-state index is 10.1. The Kier molecular flexibility index (Phi) is 6.82. The van der Waals surface area contributed by atoms with E-state index in [2.05, 4.69) is 28.2 Å². The van der Waals surface area contributed by atoms with Crippen molar-refractivity contribution in [3.05, 3.63) is 0 Å². The van der Waals surface area contributed by atoms with Gasteiger partial charge < -0.3 is 14.4 Å². The van der Waals surface area contributed by atoms with Crippen molar-refractivity contribution in [1.29, 1.82) is 0 Å². The zero-order valence-corrected chi connectivity index (χ0v) is 9.29. The van der Waals surface area contributed by atoms with Crippen LogP contribution in [0.5, 0.6) is 0 Å². The summed E-state index contributed by atoms with van der Waals surface area (Å²) in [7, 11) is 8.50. The first kappa shape index (κ1) is 15.3. The van der Waals surface area contributed by atoms with Gasteiger partial charge in [-0.3, -0.25) is 9.59 Å². The normalized spacial score (nSPS) is 9.79. The van der Waals surface area contributed by atoms with E-state index < -0.39 is 24.0 Å². The van der Waals surface area contributed by atoms with Crippen molar-refractivity contribution in [1.82, 2.24) is 0 Å². The van der Waals surface area contributed by atoms with Crippen LogP contribution in [-0.4, -0.2) is 50.2 Å². The second kappa shape index (κ2) is 6.26.